The lowest BCUT2D eigenvalue weighted by molar-refractivity contribution is 0.528. The van der Waals surface area contributed by atoms with Gasteiger partial charge in [0.25, 0.3) is 5.89 Å². The summed E-state index contributed by atoms with van der Waals surface area (Å²) in [6.45, 7) is 0. The van der Waals surface area contributed by atoms with Gasteiger partial charge in [-0.25, -0.2) is 9.89 Å². The van der Waals surface area contributed by atoms with Crippen molar-refractivity contribution in [3.05, 3.63) is 27.1 Å². The first-order valence-electron chi connectivity index (χ1n) is 4.58. The van der Waals surface area contributed by atoms with Gasteiger partial charge < -0.3 is 4.42 Å². The Morgan fingerprint density at radius 1 is 1.53 bits per heavy atom. The second-order valence-corrected chi connectivity index (χ2v) is 5.52. The Balaban J connectivity index is 2.06. The predicted molar refractivity (Wildman–Crippen MR) is 60.3 cm³/mol. The molecule has 15 heavy (non-hydrogen) atoms. The molecule has 0 aromatic carbocycles. The van der Waals surface area contributed by atoms with Gasteiger partial charge in [-0.15, -0.1) is 16.4 Å². The van der Waals surface area contributed by atoms with Crippen LogP contribution in [-0.2, 0) is 12.2 Å². The third-order valence-corrected chi connectivity index (χ3v) is 4.51. The summed E-state index contributed by atoms with van der Waals surface area (Å²) in [6.07, 6.45) is 1.11. The number of hydrogen-bond donors (Lipinski definition) is 1. The molecule has 2 aromatic heterocycles. The monoisotopic (exact) mass is 240 g/mol. The van der Waals surface area contributed by atoms with E-state index in [4.69, 9.17) is 4.42 Å². The summed E-state index contributed by atoms with van der Waals surface area (Å²) in [5, 5.41) is 6.11. The molecular formula is C9H8N2O2S2. The summed E-state index contributed by atoms with van der Waals surface area (Å²) in [6, 6.07) is 2.07. The van der Waals surface area contributed by atoms with E-state index in [-0.39, 0.29) is 0 Å². The Bertz CT molecular complexity index is 517. The summed E-state index contributed by atoms with van der Waals surface area (Å²) >= 11 is 3.61. The molecular weight excluding hydrogens is 232 g/mol. The maximum absolute atomic E-state index is 10.8. The zero-order valence-corrected chi connectivity index (χ0v) is 9.41. The summed E-state index contributed by atoms with van der Waals surface area (Å²) in [5.74, 6) is 2.15. The molecule has 6 heteroatoms. The number of H-pyrrole nitrogens is 1. The molecule has 0 unspecified atom stereocenters. The van der Waals surface area contributed by atoms with Gasteiger partial charge in [0.05, 0.1) is 4.88 Å². The SMILES string of the molecule is O=c1[nH]nc(-c2cc3c(s2)CCSC3)o1. The van der Waals surface area contributed by atoms with E-state index in [1.54, 1.807) is 11.3 Å². The molecule has 0 radical (unpaired) electrons. The Kier molecular flexibility index (Phi) is 2.17. The molecule has 4 nitrogen and oxygen atoms in total. The molecule has 2 aromatic rings. The van der Waals surface area contributed by atoms with Crippen LogP contribution in [0.3, 0.4) is 0 Å². The van der Waals surface area contributed by atoms with Gasteiger partial charge in [0.2, 0.25) is 0 Å². The van der Waals surface area contributed by atoms with Crippen molar-refractivity contribution < 1.29 is 4.42 Å². The van der Waals surface area contributed by atoms with Crippen molar-refractivity contribution in [1.82, 2.24) is 10.2 Å². The maximum Gasteiger partial charge on any atom is 0.434 e. The molecule has 1 N–H and O–H groups in total. The molecule has 0 saturated carbocycles. The zero-order chi connectivity index (χ0) is 10.3. The number of thiophene rings is 1. The van der Waals surface area contributed by atoms with Crippen molar-refractivity contribution in [1.29, 1.82) is 0 Å². The van der Waals surface area contributed by atoms with Crippen LogP contribution in [0, 0.1) is 0 Å². The lowest BCUT2D eigenvalue weighted by Crippen LogP contribution is -1.96. The minimum atomic E-state index is -0.495. The van der Waals surface area contributed by atoms with Crippen LogP contribution >= 0.6 is 23.1 Å². The topological polar surface area (TPSA) is 58.9 Å². The van der Waals surface area contributed by atoms with Crippen molar-refractivity contribution in [2.24, 2.45) is 0 Å². The first-order valence-corrected chi connectivity index (χ1v) is 6.55. The first kappa shape index (κ1) is 9.23. The second-order valence-electron chi connectivity index (χ2n) is 3.28. The molecule has 1 aliphatic heterocycles. The van der Waals surface area contributed by atoms with Gasteiger partial charge in [-0.05, 0) is 23.8 Å². The summed E-state index contributed by atoms with van der Waals surface area (Å²) in [4.78, 5) is 13.2. The second kappa shape index (κ2) is 3.53. The van der Waals surface area contributed by atoms with E-state index in [0.717, 1.165) is 17.1 Å². The molecule has 0 aliphatic carbocycles. The van der Waals surface area contributed by atoms with E-state index < -0.39 is 5.76 Å². The lowest BCUT2D eigenvalue weighted by atomic mass is 10.2. The number of rotatable bonds is 1. The highest BCUT2D eigenvalue weighted by Crippen LogP contribution is 2.35. The van der Waals surface area contributed by atoms with Crippen LogP contribution < -0.4 is 5.76 Å². The smallest absolute Gasteiger partial charge is 0.387 e. The van der Waals surface area contributed by atoms with Gasteiger partial charge in [-0.3, -0.25) is 0 Å². The number of aromatic amines is 1. The molecule has 3 heterocycles. The Labute approximate surface area is 93.7 Å². The highest BCUT2D eigenvalue weighted by Gasteiger charge is 2.16. The molecule has 0 spiro atoms. The first-order chi connectivity index (χ1) is 7.33. The van der Waals surface area contributed by atoms with E-state index in [0.29, 0.717) is 5.89 Å². The molecule has 0 amide bonds. The maximum atomic E-state index is 10.8. The summed E-state index contributed by atoms with van der Waals surface area (Å²) in [5.41, 5.74) is 1.36. The van der Waals surface area contributed by atoms with E-state index in [1.165, 1.54) is 16.2 Å². The Morgan fingerprint density at radius 2 is 2.47 bits per heavy atom. The molecule has 0 saturated heterocycles. The molecule has 0 fully saturated rings. The Morgan fingerprint density at radius 3 is 3.20 bits per heavy atom. The van der Waals surface area contributed by atoms with Gasteiger partial charge in [0, 0.05) is 10.6 Å². The van der Waals surface area contributed by atoms with E-state index >= 15 is 0 Å². The van der Waals surface area contributed by atoms with Gasteiger partial charge in [0.1, 0.15) is 0 Å². The molecule has 0 bridgehead atoms. The molecule has 1 aliphatic rings. The van der Waals surface area contributed by atoms with E-state index in [9.17, 15) is 4.79 Å². The van der Waals surface area contributed by atoms with Crippen LogP contribution in [-0.4, -0.2) is 16.0 Å². The predicted octanol–water partition coefficient (Wildman–Crippen LogP) is 1.88. The average molecular weight is 240 g/mol. The summed E-state index contributed by atoms with van der Waals surface area (Å²) < 4.78 is 4.93. The Hall–Kier alpha value is -1.01. The van der Waals surface area contributed by atoms with Crippen LogP contribution in [0.15, 0.2) is 15.3 Å². The third-order valence-electron chi connectivity index (χ3n) is 2.28. The normalized spacial score (nSPS) is 15.2. The average Bonchev–Trinajstić information content (AvgIpc) is 2.82. The third kappa shape index (κ3) is 1.63. The number of nitrogens with one attached hydrogen (secondary N) is 1. The van der Waals surface area contributed by atoms with Gasteiger partial charge in [-0.2, -0.15) is 11.8 Å². The van der Waals surface area contributed by atoms with Crippen LogP contribution in [0.2, 0.25) is 0 Å². The largest absolute Gasteiger partial charge is 0.434 e. The number of fused-ring (bicyclic) bond motifs is 1. The van der Waals surface area contributed by atoms with Crippen molar-refractivity contribution in [3.8, 4) is 10.8 Å². The fraction of sp³-hybridized carbons (Fsp3) is 0.333. The van der Waals surface area contributed by atoms with Crippen LogP contribution in [0.5, 0.6) is 0 Å². The number of thioether (sulfide) groups is 1. The lowest BCUT2D eigenvalue weighted by Gasteiger charge is -2.08. The minimum Gasteiger partial charge on any atom is -0.387 e. The van der Waals surface area contributed by atoms with E-state index in [1.807, 2.05) is 11.8 Å². The molecule has 3 rings (SSSR count). The highest BCUT2D eigenvalue weighted by atomic mass is 32.2. The number of hydrogen-bond acceptors (Lipinski definition) is 5. The van der Waals surface area contributed by atoms with Gasteiger partial charge in [0.15, 0.2) is 0 Å². The van der Waals surface area contributed by atoms with E-state index in [2.05, 4.69) is 16.3 Å². The zero-order valence-electron chi connectivity index (χ0n) is 7.78. The van der Waals surface area contributed by atoms with Crippen LogP contribution in [0.1, 0.15) is 10.4 Å². The van der Waals surface area contributed by atoms with Gasteiger partial charge >= 0.3 is 5.76 Å². The number of nitrogens with zero attached hydrogens (tertiary/aromatic N) is 1. The van der Waals surface area contributed by atoms with Crippen molar-refractivity contribution in [3.63, 3.8) is 0 Å². The van der Waals surface area contributed by atoms with Crippen LogP contribution in [0.25, 0.3) is 10.8 Å². The standard InChI is InChI=1S/C9H8N2O2S2/c12-9-11-10-8(13-9)7-3-5-4-14-2-1-6(5)15-7/h3H,1-2,4H2,(H,11,12). The van der Waals surface area contributed by atoms with Crippen molar-refractivity contribution in [2.75, 3.05) is 5.75 Å². The minimum absolute atomic E-state index is 0.407. The fourth-order valence-corrected chi connectivity index (χ4v) is 3.89. The number of aryl methyl sites for hydroxylation is 1. The molecule has 0 atom stereocenters. The fourth-order valence-electron chi connectivity index (χ4n) is 1.59. The molecule has 78 valence electrons. The van der Waals surface area contributed by atoms with Crippen LogP contribution in [0.4, 0.5) is 0 Å². The quantitative estimate of drug-likeness (QED) is 0.826. The van der Waals surface area contributed by atoms with Gasteiger partial charge in [-0.1, -0.05) is 0 Å². The van der Waals surface area contributed by atoms with Crippen molar-refractivity contribution in [2.45, 2.75) is 12.2 Å². The van der Waals surface area contributed by atoms with Crippen molar-refractivity contribution >= 4 is 23.1 Å². The highest BCUT2D eigenvalue weighted by molar-refractivity contribution is 7.98. The number of aromatic nitrogens is 2. The summed E-state index contributed by atoms with van der Waals surface area (Å²) in [7, 11) is 0.